The molecule has 228 valence electrons. The smallest absolute Gasteiger partial charge is 0.262 e. The molecule has 7 nitrogen and oxygen atoms in total. The minimum atomic E-state index is -1.99. The first-order valence-electron chi connectivity index (χ1n) is 15.4. The van der Waals surface area contributed by atoms with Gasteiger partial charge in [0.1, 0.15) is 5.75 Å². The standard InChI is InChI=1S/C34H47FN4O3/c1-24-7-12-29(31(21-24)37-19-17-36(18-20-37)25(2)40)26-13-15-38(16-14-26)32(41)34(35)23-39(33(3,4)5)22-30(34)27-8-10-28(42-6)11-9-27/h7-12,21,26,30H,13-20,22-23H2,1-6H3/t30-,34-/m0/s1. The van der Waals surface area contributed by atoms with Crippen LogP contribution in [-0.2, 0) is 9.59 Å². The number of alkyl halides is 1. The number of carbonyl (C=O) groups excluding carboxylic acids is 2. The first-order valence-corrected chi connectivity index (χ1v) is 15.4. The van der Waals surface area contributed by atoms with Crippen LogP contribution in [-0.4, -0.2) is 97.2 Å². The van der Waals surface area contributed by atoms with E-state index in [4.69, 9.17) is 4.74 Å². The molecule has 2 aromatic carbocycles. The van der Waals surface area contributed by atoms with Crippen molar-refractivity contribution in [1.82, 2.24) is 14.7 Å². The molecule has 3 heterocycles. The summed E-state index contributed by atoms with van der Waals surface area (Å²) in [6.07, 6.45) is 1.61. The van der Waals surface area contributed by atoms with Gasteiger partial charge in [0.05, 0.1) is 7.11 Å². The summed E-state index contributed by atoms with van der Waals surface area (Å²) in [5, 5.41) is 0. The summed E-state index contributed by atoms with van der Waals surface area (Å²) in [5.74, 6) is 0.240. The van der Waals surface area contributed by atoms with Crippen LogP contribution in [0, 0.1) is 6.92 Å². The molecular weight excluding hydrogens is 531 g/mol. The van der Waals surface area contributed by atoms with E-state index in [-0.39, 0.29) is 23.9 Å². The minimum Gasteiger partial charge on any atom is -0.497 e. The number of rotatable bonds is 5. The number of nitrogens with zero attached hydrogens (tertiary/aromatic N) is 4. The SMILES string of the molecule is COc1ccc([C@@H]2CN(C(C)(C)C)C[C@@]2(F)C(=O)N2CCC(c3ccc(C)cc3N3CCN(C(C)=O)CC3)CC2)cc1. The maximum Gasteiger partial charge on any atom is 0.262 e. The molecule has 3 aliphatic heterocycles. The van der Waals surface area contributed by atoms with Gasteiger partial charge in [-0.25, -0.2) is 4.39 Å². The predicted octanol–water partition coefficient (Wildman–Crippen LogP) is 4.98. The van der Waals surface area contributed by atoms with E-state index >= 15 is 4.39 Å². The first kappa shape index (κ1) is 30.3. The Balaban J connectivity index is 1.32. The minimum absolute atomic E-state index is 0.0975. The molecule has 2 atom stereocenters. The fraction of sp³-hybridized carbons (Fsp3) is 0.588. The number of piperidine rings is 1. The highest BCUT2D eigenvalue weighted by Gasteiger charge is 2.57. The molecule has 5 rings (SSSR count). The van der Waals surface area contributed by atoms with E-state index in [2.05, 4.69) is 55.7 Å². The molecule has 3 aliphatic rings. The zero-order valence-corrected chi connectivity index (χ0v) is 26.2. The van der Waals surface area contributed by atoms with Crippen LogP contribution in [0.3, 0.4) is 0 Å². The number of piperazine rings is 1. The van der Waals surface area contributed by atoms with Gasteiger partial charge in [-0.1, -0.05) is 24.3 Å². The normalized spacial score (nSPS) is 24.3. The molecule has 0 saturated carbocycles. The maximum atomic E-state index is 17.2. The zero-order valence-electron chi connectivity index (χ0n) is 26.2. The van der Waals surface area contributed by atoms with E-state index in [0.717, 1.165) is 50.3 Å². The summed E-state index contributed by atoms with van der Waals surface area (Å²) in [7, 11) is 1.62. The average molecular weight is 579 g/mol. The molecule has 0 spiro atoms. The van der Waals surface area contributed by atoms with Crippen molar-refractivity contribution in [3.05, 3.63) is 59.2 Å². The summed E-state index contributed by atoms with van der Waals surface area (Å²) in [6, 6.07) is 14.2. The van der Waals surface area contributed by atoms with Gasteiger partial charge in [-0.3, -0.25) is 14.5 Å². The van der Waals surface area contributed by atoms with Gasteiger partial charge in [-0.2, -0.15) is 0 Å². The number of benzene rings is 2. The fourth-order valence-corrected chi connectivity index (χ4v) is 6.94. The van der Waals surface area contributed by atoms with Crippen molar-refractivity contribution in [1.29, 1.82) is 0 Å². The predicted molar refractivity (Wildman–Crippen MR) is 165 cm³/mol. The number of aryl methyl sites for hydroxylation is 1. The van der Waals surface area contributed by atoms with Crippen molar-refractivity contribution in [3.63, 3.8) is 0 Å². The average Bonchev–Trinajstić information content (AvgIpc) is 3.36. The molecule has 2 aromatic rings. The number of ether oxygens (including phenoxy) is 1. The number of hydrogen-bond donors (Lipinski definition) is 0. The van der Waals surface area contributed by atoms with E-state index in [9.17, 15) is 9.59 Å². The van der Waals surface area contributed by atoms with Gasteiger partial charge >= 0.3 is 0 Å². The lowest BCUT2D eigenvalue weighted by atomic mass is 9.83. The highest BCUT2D eigenvalue weighted by Crippen LogP contribution is 2.44. The maximum absolute atomic E-state index is 17.2. The number of carbonyl (C=O) groups is 2. The third-order valence-corrected chi connectivity index (χ3v) is 9.67. The molecule has 3 fully saturated rings. The summed E-state index contributed by atoms with van der Waals surface area (Å²) in [5.41, 5.74) is 2.35. The number of anilines is 1. The lowest BCUT2D eigenvalue weighted by Gasteiger charge is -2.40. The largest absolute Gasteiger partial charge is 0.497 e. The van der Waals surface area contributed by atoms with Gasteiger partial charge in [0, 0.05) is 76.4 Å². The number of amides is 2. The molecule has 0 radical (unpaired) electrons. The van der Waals surface area contributed by atoms with Crippen LogP contribution in [0.1, 0.15) is 69.1 Å². The van der Waals surface area contributed by atoms with Gasteiger partial charge in [-0.15, -0.1) is 0 Å². The molecule has 0 unspecified atom stereocenters. The van der Waals surface area contributed by atoms with Crippen LogP contribution < -0.4 is 9.64 Å². The number of methoxy groups -OCH3 is 1. The van der Waals surface area contributed by atoms with Crippen LogP contribution in [0.25, 0.3) is 0 Å². The fourth-order valence-electron chi connectivity index (χ4n) is 6.94. The van der Waals surface area contributed by atoms with Crippen molar-refractivity contribution >= 4 is 17.5 Å². The second-order valence-corrected chi connectivity index (χ2v) is 13.4. The van der Waals surface area contributed by atoms with Gasteiger partial charge in [0.15, 0.2) is 0 Å². The Bertz CT molecular complexity index is 1280. The quantitative estimate of drug-likeness (QED) is 0.501. The Morgan fingerprint density at radius 3 is 2.14 bits per heavy atom. The lowest BCUT2D eigenvalue weighted by Crippen LogP contribution is -2.53. The topological polar surface area (TPSA) is 56.3 Å². The van der Waals surface area contributed by atoms with Gasteiger partial charge in [-0.05, 0) is 81.3 Å². The second-order valence-electron chi connectivity index (χ2n) is 13.4. The highest BCUT2D eigenvalue weighted by molar-refractivity contribution is 5.87. The summed E-state index contributed by atoms with van der Waals surface area (Å²) in [6.45, 7) is 14.8. The highest BCUT2D eigenvalue weighted by atomic mass is 19.1. The number of hydrogen-bond acceptors (Lipinski definition) is 5. The van der Waals surface area contributed by atoms with Crippen LogP contribution in [0.5, 0.6) is 5.75 Å². The Morgan fingerprint density at radius 1 is 0.929 bits per heavy atom. The van der Waals surface area contributed by atoms with E-state index in [1.54, 1.807) is 18.9 Å². The Kier molecular flexibility index (Phi) is 8.57. The molecule has 0 N–H and O–H groups in total. The molecule has 3 saturated heterocycles. The van der Waals surface area contributed by atoms with Crippen LogP contribution in [0.15, 0.2) is 42.5 Å². The van der Waals surface area contributed by atoms with Crippen molar-refractivity contribution < 1.29 is 18.7 Å². The van der Waals surface area contributed by atoms with Gasteiger partial charge < -0.3 is 19.4 Å². The van der Waals surface area contributed by atoms with Crippen molar-refractivity contribution in [2.24, 2.45) is 0 Å². The van der Waals surface area contributed by atoms with Gasteiger partial charge in [0.2, 0.25) is 11.6 Å². The summed E-state index contributed by atoms with van der Waals surface area (Å²) < 4.78 is 22.5. The second kappa shape index (κ2) is 11.9. The van der Waals surface area contributed by atoms with Crippen LogP contribution in [0.2, 0.25) is 0 Å². The molecule has 42 heavy (non-hydrogen) atoms. The van der Waals surface area contributed by atoms with Crippen molar-refractivity contribution in [2.75, 3.05) is 64.4 Å². The Morgan fingerprint density at radius 2 is 1.57 bits per heavy atom. The molecule has 8 heteroatoms. The van der Waals surface area contributed by atoms with Crippen LogP contribution in [0.4, 0.5) is 10.1 Å². The summed E-state index contributed by atoms with van der Waals surface area (Å²) in [4.78, 5) is 34.1. The van der Waals surface area contributed by atoms with E-state index in [0.29, 0.717) is 25.6 Å². The molecule has 2 amide bonds. The summed E-state index contributed by atoms with van der Waals surface area (Å²) >= 11 is 0. The monoisotopic (exact) mass is 578 g/mol. The van der Waals surface area contributed by atoms with E-state index in [1.807, 2.05) is 29.2 Å². The first-order chi connectivity index (χ1) is 19.9. The van der Waals surface area contributed by atoms with Crippen LogP contribution >= 0.6 is 0 Å². The Labute approximate surface area is 250 Å². The third kappa shape index (κ3) is 6.01. The van der Waals surface area contributed by atoms with Gasteiger partial charge in [0.25, 0.3) is 5.91 Å². The molecule has 0 aromatic heterocycles. The van der Waals surface area contributed by atoms with Crippen molar-refractivity contribution in [3.8, 4) is 5.75 Å². The molecule has 0 bridgehead atoms. The molecular formula is C34H47FN4O3. The Hall–Kier alpha value is -3.13. The third-order valence-electron chi connectivity index (χ3n) is 9.67. The zero-order chi connectivity index (χ0) is 30.2. The lowest BCUT2D eigenvalue weighted by molar-refractivity contribution is -0.145. The van der Waals surface area contributed by atoms with E-state index < -0.39 is 11.6 Å². The number of halogens is 1. The van der Waals surface area contributed by atoms with Crippen molar-refractivity contribution in [2.45, 2.75) is 70.5 Å². The van der Waals surface area contributed by atoms with E-state index in [1.165, 1.54) is 16.8 Å². The molecule has 0 aliphatic carbocycles. The number of likely N-dealkylation sites (tertiary alicyclic amines) is 2.